The van der Waals surface area contributed by atoms with Gasteiger partial charge in [-0.25, -0.2) is 9.00 Å². The van der Waals surface area contributed by atoms with Crippen LogP contribution in [-0.4, -0.2) is 81.1 Å². The van der Waals surface area contributed by atoms with Gasteiger partial charge in [0.05, 0.1) is 31.6 Å². The second-order valence-corrected chi connectivity index (χ2v) is 17.7. The predicted octanol–water partition coefficient (Wildman–Crippen LogP) is 6.71. The van der Waals surface area contributed by atoms with Gasteiger partial charge in [0.1, 0.15) is 27.3 Å². The van der Waals surface area contributed by atoms with Gasteiger partial charge in [-0.05, 0) is 106 Å². The Bertz CT molecular complexity index is 1980. The molecule has 6 atom stereocenters. The van der Waals surface area contributed by atoms with E-state index in [9.17, 15) is 18.6 Å². The number of methoxy groups -OCH3 is 1. The predicted molar refractivity (Wildman–Crippen MR) is 209 cm³/mol. The van der Waals surface area contributed by atoms with E-state index in [2.05, 4.69) is 25.1 Å². The zero-order valence-corrected chi connectivity index (χ0v) is 33.8. The Morgan fingerprint density at radius 1 is 1.15 bits per heavy atom. The molecule has 1 saturated carbocycles. The molecule has 15 heteroatoms. The van der Waals surface area contributed by atoms with Gasteiger partial charge < -0.3 is 18.9 Å². The minimum atomic E-state index is -3.67. The number of fused-ring (bicyclic) bond motifs is 3. The zero-order valence-electron chi connectivity index (χ0n) is 32.2. The van der Waals surface area contributed by atoms with Gasteiger partial charge in [0.2, 0.25) is 5.88 Å². The summed E-state index contributed by atoms with van der Waals surface area (Å²) in [5.74, 6) is -0.811. The van der Waals surface area contributed by atoms with Crippen LogP contribution in [0.2, 0.25) is 5.02 Å². The number of benzene rings is 1. The molecule has 2 amide bonds. The number of nitrogens with one attached hydrogen (secondary N) is 1. The topological polar surface area (TPSA) is 151 Å². The molecule has 4 aliphatic rings. The Kier molecular flexibility index (Phi) is 13.1. The zero-order chi connectivity index (χ0) is 39.3. The van der Waals surface area contributed by atoms with E-state index in [1.807, 2.05) is 37.3 Å². The molecule has 298 valence electrons. The van der Waals surface area contributed by atoms with Crippen molar-refractivity contribution in [1.29, 1.82) is 0 Å². The molecule has 2 aliphatic carbocycles. The molecule has 2 unspecified atom stereocenters. The maximum absolute atomic E-state index is 14.7. The fourth-order valence-electron chi connectivity index (χ4n) is 7.72. The number of nitrogens with zero attached hydrogens (tertiary/aromatic N) is 4. The van der Waals surface area contributed by atoms with Gasteiger partial charge in [-0.1, -0.05) is 30.7 Å². The molecule has 1 fully saturated rings. The van der Waals surface area contributed by atoms with Crippen LogP contribution in [0.3, 0.4) is 0 Å². The highest BCUT2D eigenvalue weighted by Gasteiger charge is 2.42. The molecular formula is C40H52ClN5O8S. The standard InChI is InChI=1S/C40H52ClN5O8S/c1-25(2)53-40(49)54-35-11-8-9-26(3)24-55(50,44-38(48)33-23-45(4)42-39(33)51-5)43-37(47)28-14-17-36-34(20-28)46(22-30-13-16-32(30)35)21-29-12-15-31(41)19-27(29)10-6-7-18-52-36/h8,11-12,14-15,17,19,23,25-26,30,32,34-35H,6-7,9-10,13,16,18,20-22,24H2,1-5H3,(H,43,44,47,48,50)/b11-8+/t26-,30-,32+,34?,35-,55?/m0/s1. The summed E-state index contributed by atoms with van der Waals surface area (Å²) in [6, 6.07) is 5.67. The minimum absolute atomic E-state index is 0.0172. The summed E-state index contributed by atoms with van der Waals surface area (Å²) in [6.07, 6.45) is 12.2. The summed E-state index contributed by atoms with van der Waals surface area (Å²) in [5.41, 5.74) is 2.73. The monoisotopic (exact) mass is 797 g/mol. The summed E-state index contributed by atoms with van der Waals surface area (Å²) in [4.78, 5) is 43.0. The number of allylic oxidation sites excluding steroid dienone is 3. The number of carbonyl (C=O) groups is 3. The van der Waals surface area contributed by atoms with E-state index in [0.717, 1.165) is 43.4 Å². The molecule has 6 rings (SSSR count). The lowest BCUT2D eigenvalue weighted by Crippen LogP contribution is -2.48. The van der Waals surface area contributed by atoms with Gasteiger partial charge in [-0.3, -0.25) is 23.9 Å². The van der Waals surface area contributed by atoms with E-state index in [-0.39, 0.29) is 53.5 Å². The van der Waals surface area contributed by atoms with Crippen molar-refractivity contribution in [2.45, 2.75) is 90.5 Å². The van der Waals surface area contributed by atoms with Gasteiger partial charge >= 0.3 is 6.16 Å². The second kappa shape index (κ2) is 17.8. The summed E-state index contributed by atoms with van der Waals surface area (Å²) in [6.45, 7) is 7.14. The number of hydrogen-bond acceptors (Lipinski definition) is 10. The van der Waals surface area contributed by atoms with Gasteiger partial charge in [-0.2, -0.15) is 0 Å². The van der Waals surface area contributed by atoms with Crippen molar-refractivity contribution in [3.05, 3.63) is 81.7 Å². The number of hydrogen-bond donors (Lipinski definition) is 1. The minimum Gasteiger partial charge on any atom is -0.496 e. The van der Waals surface area contributed by atoms with Crippen LogP contribution < -0.4 is 9.46 Å². The highest BCUT2D eigenvalue weighted by Crippen LogP contribution is 2.41. The van der Waals surface area contributed by atoms with Crippen molar-refractivity contribution in [2.75, 3.05) is 26.0 Å². The molecule has 0 radical (unpaired) electrons. The van der Waals surface area contributed by atoms with Crippen molar-refractivity contribution < 1.29 is 37.5 Å². The number of ether oxygens (including phenoxy) is 4. The Morgan fingerprint density at radius 2 is 1.96 bits per heavy atom. The van der Waals surface area contributed by atoms with E-state index < -0.39 is 34.0 Å². The van der Waals surface area contributed by atoms with Crippen LogP contribution in [-0.2, 0) is 48.9 Å². The lowest BCUT2D eigenvalue weighted by molar-refractivity contribution is -0.114. The summed E-state index contributed by atoms with van der Waals surface area (Å²) in [5, 5.41) is 4.83. The van der Waals surface area contributed by atoms with Crippen molar-refractivity contribution in [3.63, 3.8) is 0 Å². The van der Waals surface area contributed by atoms with Crippen molar-refractivity contribution in [2.24, 2.45) is 29.2 Å². The van der Waals surface area contributed by atoms with E-state index in [0.29, 0.717) is 36.7 Å². The molecular weight excluding hydrogens is 746 g/mol. The first-order valence-electron chi connectivity index (χ1n) is 19.1. The summed E-state index contributed by atoms with van der Waals surface area (Å²) in [7, 11) is -0.650. The largest absolute Gasteiger partial charge is 0.509 e. The molecule has 1 N–H and O–H groups in total. The lowest BCUT2D eigenvalue weighted by Gasteiger charge is -2.45. The molecule has 1 aromatic heterocycles. The molecule has 2 aromatic rings. The van der Waals surface area contributed by atoms with Gasteiger partial charge in [0.25, 0.3) is 11.8 Å². The molecule has 2 bridgehead atoms. The van der Waals surface area contributed by atoms with Crippen molar-refractivity contribution >= 4 is 39.5 Å². The van der Waals surface area contributed by atoms with Crippen molar-refractivity contribution in [1.82, 2.24) is 19.4 Å². The second-order valence-electron chi connectivity index (χ2n) is 15.3. The third-order valence-electron chi connectivity index (χ3n) is 10.6. The number of amides is 2. The van der Waals surface area contributed by atoms with E-state index in [1.54, 1.807) is 27.0 Å². The summed E-state index contributed by atoms with van der Waals surface area (Å²) < 4.78 is 46.1. The first-order valence-corrected chi connectivity index (χ1v) is 21.1. The van der Waals surface area contributed by atoms with Crippen LogP contribution in [0.25, 0.3) is 0 Å². The maximum atomic E-state index is 14.7. The van der Waals surface area contributed by atoms with Crippen LogP contribution in [0, 0.1) is 17.8 Å². The summed E-state index contributed by atoms with van der Waals surface area (Å²) >= 11 is 6.49. The lowest BCUT2D eigenvalue weighted by atomic mass is 9.69. The van der Waals surface area contributed by atoms with Crippen LogP contribution in [0.1, 0.15) is 80.8 Å². The van der Waals surface area contributed by atoms with Gasteiger partial charge in [0.15, 0.2) is 0 Å². The molecule has 3 heterocycles. The normalized spacial score (nSPS) is 28.3. The molecule has 0 saturated heterocycles. The van der Waals surface area contributed by atoms with E-state index >= 15 is 0 Å². The Balaban J connectivity index is 1.42. The smallest absolute Gasteiger partial charge is 0.496 e. The molecule has 1 aromatic carbocycles. The molecule has 0 spiro atoms. The van der Waals surface area contributed by atoms with Crippen LogP contribution in [0.4, 0.5) is 4.79 Å². The highest BCUT2D eigenvalue weighted by atomic mass is 35.5. The van der Waals surface area contributed by atoms with E-state index in [1.165, 1.54) is 23.6 Å². The number of carbonyl (C=O) groups excluding carboxylic acids is 3. The average molecular weight is 798 g/mol. The highest BCUT2D eigenvalue weighted by molar-refractivity contribution is 7.92. The van der Waals surface area contributed by atoms with E-state index in [4.69, 9.17) is 30.5 Å². The molecule has 55 heavy (non-hydrogen) atoms. The van der Waals surface area contributed by atoms with Crippen LogP contribution in [0.15, 0.2) is 64.4 Å². The third-order valence-corrected chi connectivity index (χ3v) is 12.8. The fraction of sp³-hybridized carbons (Fsp3) is 0.550. The molecule has 2 aliphatic heterocycles. The fourth-order valence-corrected chi connectivity index (χ4v) is 9.81. The number of aryl methyl sites for hydroxylation is 2. The average Bonchev–Trinajstić information content (AvgIpc) is 3.48. The third kappa shape index (κ3) is 10.2. The quantitative estimate of drug-likeness (QED) is 0.255. The Hall–Kier alpha value is -4.14. The number of rotatable bonds is 5. The number of halogens is 1. The molecule has 13 nitrogen and oxygen atoms in total. The van der Waals surface area contributed by atoms with Gasteiger partial charge in [-0.15, -0.1) is 9.46 Å². The maximum Gasteiger partial charge on any atom is 0.509 e. The van der Waals surface area contributed by atoms with Crippen LogP contribution >= 0.6 is 11.6 Å². The Labute approximate surface area is 328 Å². The SMILES string of the molecule is COc1nn(C)cc1C(=O)NS1(=O)=NC(=O)C2=CC=C3OCCCCc4cc(Cl)ccc4CN(C[C@@H]4CC[C@H]4[C@@H](OC(=O)OC(C)C)/C=C/C[C@H](C)C1)C3C2. The van der Waals surface area contributed by atoms with Crippen LogP contribution in [0.5, 0.6) is 5.88 Å². The number of aromatic nitrogens is 2. The first kappa shape index (κ1) is 40.5. The Morgan fingerprint density at radius 3 is 2.71 bits per heavy atom. The first-order chi connectivity index (χ1) is 26.3. The van der Waals surface area contributed by atoms with Crippen molar-refractivity contribution in [3.8, 4) is 5.88 Å². The van der Waals surface area contributed by atoms with Gasteiger partial charge in [0, 0.05) is 49.3 Å².